The largest absolute Gasteiger partial charge is 0.338 e. The Labute approximate surface area is 118 Å². The smallest absolute Gasteiger partial charge is 0.240 e. The van der Waals surface area contributed by atoms with E-state index in [1.54, 1.807) is 30.5 Å². The van der Waals surface area contributed by atoms with Crippen molar-refractivity contribution in [3.05, 3.63) is 48.0 Å². The lowest BCUT2D eigenvalue weighted by atomic mass is 10.2. The van der Waals surface area contributed by atoms with Gasteiger partial charge in [-0.15, -0.1) is 0 Å². The molecule has 0 saturated heterocycles. The van der Waals surface area contributed by atoms with Gasteiger partial charge < -0.3 is 10.3 Å². The predicted octanol–water partition coefficient (Wildman–Crippen LogP) is 0.400. The highest BCUT2D eigenvalue weighted by molar-refractivity contribution is 7.89. The van der Waals surface area contributed by atoms with Gasteiger partial charge in [-0.1, -0.05) is 12.1 Å². The van der Waals surface area contributed by atoms with Gasteiger partial charge in [0.15, 0.2) is 0 Å². The molecule has 108 valence electrons. The van der Waals surface area contributed by atoms with Gasteiger partial charge in [-0.25, -0.2) is 18.1 Å². The Kier molecular flexibility index (Phi) is 4.53. The molecule has 0 bridgehead atoms. The topological polar surface area (TPSA) is 90.0 Å². The Morgan fingerprint density at radius 1 is 1.30 bits per heavy atom. The lowest BCUT2D eigenvalue weighted by molar-refractivity contribution is 0.580. The number of sulfonamides is 1. The standard InChI is InChI=1S/C13H18N4O2S/c1-17-9-8-15-13(17)6-7-16-20(18,19)12-4-2-11(10-14)3-5-12/h2-5,8-9,16H,6-7,10,14H2,1H3. The molecule has 0 atom stereocenters. The molecular weight excluding hydrogens is 276 g/mol. The molecule has 1 heterocycles. The summed E-state index contributed by atoms with van der Waals surface area (Å²) in [6.07, 6.45) is 4.06. The molecule has 3 N–H and O–H groups in total. The third-order valence-corrected chi connectivity index (χ3v) is 4.51. The quantitative estimate of drug-likeness (QED) is 0.807. The van der Waals surface area contributed by atoms with Crippen molar-refractivity contribution in [1.82, 2.24) is 14.3 Å². The van der Waals surface area contributed by atoms with Crippen molar-refractivity contribution in [2.75, 3.05) is 6.54 Å². The molecule has 2 aromatic rings. The molecule has 0 spiro atoms. The minimum absolute atomic E-state index is 0.245. The number of benzene rings is 1. The highest BCUT2D eigenvalue weighted by Gasteiger charge is 2.13. The highest BCUT2D eigenvalue weighted by Crippen LogP contribution is 2.10. The van der Waals surface area contributed by atoms with E-state index >= 15 is 0 Å². The zero-order valence-electron chi connectivity index (χ0n) is 11.3. The van der Waals surface area contributed by atoms with E-state index in [0.717, 1.165) is 11.4 Å². The van der Waals surface area contributed by atoms with Crippen molar-refractivity contribution in [2.45, 2.75) is 17.9 Å². The summed E-state index contributed by atoms with van der Waals surface area (Å²) >= 11 is 0. The van der Waals surface area contributed by atoms with Crippen LogP contribution in [0.1, 0.15) is 11.4 Å². The number of nitrogens with two attached hydrogens (primary N) is 1. The van der Waals surface area contributed by atoms with Crippen LogP contribution in [0.15, 0.2) is 41.6 Å². The zero-order valence-corrected chi connectivity index (χ0v) is 12.1. The number of aromatic nitrogens is 2. The van der Waals surface area contributed by atoms with Crippen LogP contribution >= 0.6 is 0 Å². The Bertz CT molecular complexity index is 662. The second-order valence-electron chi connectivity index (χ2n) is 4.45. The molecule has 2 rings (SSSR count). The van der Waals surface area contributed by atoms with E-state index < -0.39 is 10.0 Å². The summed E-state index contributed by atoms with van der Waals surface area (Å²) in [7, 11) is -1.60. The molecule has 0 aliphatic rings. The van der Waals surface area contributed by atoms with Crippen molar-refractivity contribution in [3.8, 4) is 0 Å². The summed E-state index contributed by atoms with van der Waals surface area (Å²) in [6, 6.07) is 6.55. The molecule has 1 aromatic heterocycles. The molecule has 0 aliphatic carbocycles. The molecule has 0 radical (unpaired) electrons. The van der Waals surface area contributed by atoms with Crippen LogP contribution in [-0.4, -0.2) is 24.5 Å². The second kappa shape index (κ2) is 6.17. The van der Waals surface area contributed by atoms with Gasteiger partial charge in [0.2, 0.25) is 10.0 Å². The van der Waals surface area contributed by atoms with Gasteiger partial charge in [-0.05, 0) is 17.7 Å². The minimum atomic E-state index is -3.48. The van der Waals surface area contributed by atoms with Gasteiger partial charge in [-0.2, -0.15) is 0 Å². The summed E-state index contributed by atoms with van der Waals surface area (Å²) in [4.78, 5) is 4.39. The van der Waals surface area contributed by atoms with Gasteiger partial charge in [0, 0.05) is 39.0 Å². The van der Waals surface area contributed by atoms with E-state index in [1.807, 2.05) is 17.8 Å². The second-order valence-corrected chi connectivity index (χ2v) is 6.22. The summed E-state index contributed by atoms with van der Waals surface area (Å²) in [6.45, 7) is 0.707. The first kappa shape index (κ1) is 14.7. The number of hydrogen-bond donors (Lipinski definition) is 2. The zero-order chi connectivity index (χ0) is 14.6. The van der Waals surface area contributed by atoms with E-state index in [-0.39, 0.29) is 4.90 Å². The van der Waals surface area contributed by atoms with Gasteiger partial charge in [-0.3, -0.25) is 0 Å². The summed E-state index contributed by atoms with van der Waals surface area (Å²) in [5.41, 5.74) is 6.38. The average molecular weight is 294 g/mol. The van der Waals surface area contributed by atoms with Crippen molar-refractivity contribution in [2.24, 2.45) is 12.8 Å². The fourth-order valence-corrected chi connectivity index (χ4v) is 2.85. The molecule has 6 nitrogen and oxygen atoms in total. The van der Waals surface area contributed by atoms with E-state index in [1.165, 1.54) is 0 Å². The third-order valence-electron chi connectivity index (χ3n) is 3.03. The fourth-order valence-electron chi connectivity index (χ4n) is 1.82. The number of nitrogens with one attached hydrogen (secondary N) is 1. The molecule has 0 unspecified atom stereocenters. The first-order valence-electron chi connectivity index (χ1n) is 6.28. The van der Waals surface area contributed by atoms with Gasteiger partial charge in [0.05, 0.1) is 4.90 Å². The monoisotopic (exact) mass is 294 g/mol. The van der Waals surface area contributed by atoms with Crippen molar-refractivity contribution >= 4 is 10.0 Å². The third kappa shape index (κ3) is 3.44. The fraction of sp³-hybridized carbons (Fsp3) is 0.308. The lowest BCUT2D eigenvalue weighted by Crippen LogP contribution is -2.26. The van der Waals surface area contributed by atoms with Crippen LogP contribution in [0.2, 0.25) is 0 Å². The van der Waals surface area contributed by atoms with Crippen molar-refractivity contribution in [1.29, 1.82) is 0 Å². The maximum absolute atomic E-state index is 12.1. The summed E-state index contributed by atoms with van der Waals surface area (Å²) < 4.78 is 28.6. The normalized spacial score (nSPS) is 11.7. The molecule has 0 amide bonds. The highest BCUT2D eigenvalue weighted by atomic mass is 32.2. The molecule has 1 aromatic carbocycles. The van der Waals surface area contributed by atoms with Crippen LogP contribution in [-0.2, 0) is 30.0 Å². The van der Waals surface area contributed by atoms with E-state index in [9.17, 15) is 8.42 Å². The average Bonchev–Trinajstić information content (AvgIpc) is 2.84. The van der Waals surface area contributed by atoms with E-state index in [4.69, 9.17) is 5.73 Å². The Balaban J connectivity index is 1.98. The van der Waals surface area contributed by atoms with Crippen LogP contribution in [0.5, 0.6) is 0 Å². The van der Waals surface area contributed by atoms with E-state index in [2.05, 4.69) is 9.71 Å². The van der Waals surface area contributed by atoms with Gasteiger partial charge in [0.1, 0.15) is 5.82 Å². The van der Waals surface area contributed by atoms with Crippen LogP contribution in [0.3, 0.4) is 0 Å². The maximum Gasteiger partial charge on any atom is 0.240 e. The van der Waals surface area contributed by atoms with Gasteiger partial charge in [0.25, 0.3) is 0 Å². The number of imidazole rings is 1. The first-order valence-corrected chi connectivity index (χ1v) is 7.76. The number of aryl methyl sites for hydroxylation is 1. The molecule has 0 aliphatic heterocycles. The molecule has 20 heavy (non-hydrogen) atoms. The summed E-state index contributed by atoms with van der Waals surface area (Å²) in [5.74, 6) is 0.839. The molecule has 0 saturated carbocycles. The number of hydrogen-bond acceptors (Lipinski definition) is 4. The minimum Gasteiger partial charge on any atom is -0.338 e. The van der Waals surface area contributed by atoms with Crippen LogP contribution < -0.4 is 10.5 Å². The summed E-state index contributed by atoms with van der Waals surface area (Å²) in [5, 5.41) is 0. The van der Waals surface area contributed by atoms with Crippen molar-refractivity contribution < 1.29 is 8.42 Å². The predicted molar refractivity (Wildman–Crippen MR) is 76.4 cm³/mol. The van der Waals surface area contributed by atoms with Crippen molar-refractivity contribution in [3.63, 3.8) is 0 Å². The van der Waals surface area contributed by atoms with E-state index in [0.29, 0.717) is 19.5 Å². The number of rotatable bonds is 6. The Hall–Kier alpha value is -1.70. The SMILES string of the molecule is Cn1ccnc1CCNS(=O)(=O)c1ccc(CN)cc1. The molecular formula is C13H18N4O2S. The maximum atomic E-state index is 12.1. The van der Waals surface area contributed by atoms with Crippen LogP contribution in [0.25, 0.3) is 0 Å². The molecule has 7 heteroatoms. The number of nitrogens with zero attached hydrogens (tertiary/aromatic N) is 2. The van der Waals surface area contributed by atoms with Gasteiger partial charge >= 0.3 is 0 Å². The Morgan fingerprint density at radius 2 is 2.00 bits per heavy atom. The Morgan fingerprint density at radius 3 is 2.55 bits per heavy atom. The van der Waals surface area contributed by atoms with Crippen LogP contribution in [0.4, 0.5) is 0 Å². The molecule has 0 fully saturated rings. The first-order chi connectivity index (χ1) is 9.53. The van der Waals surface area contributed by atoms with Crippen LogP contribution in [0, 0.1) is 0 Å². The lowest BCUT2D eigenvalue weighted by Gasteiger charge is -2.07.